The zero-order valence-electron chi connectivity index (χ0n) is 16.8. The number of nitrogens with zero attached hydrogens (tertiary/aromatic N) is 1. The van der Waals surface area contributed by atoms with Gasteiger partial charge in [0.05, 0.1) is 22.9 Å². The van der Waals surface area contributed by atoms with Gasteiger partial charge in [-0.3, -0.25) is 9.59 Å². The molecule has 0 radical (unpaired) electrons. The third-order valence-electron chi connectivity index (χ3n) is 4.06. The summed E-state index contributed by atoms with van der Waals surface area (Å²) in [7, 11) is 0. The molecular formula is C22H25Cl2N3O3. The van der Waals surface area contributed by atoms with Crippen molar-refractivity contribution in [1.82, 2.24) is 5.43 Å². The number of hydrogen-bond acceptors (Lipinski definition) is 4. The van der Waals surface area contributed by atoms with E-state index in [4.69, 9.17) is 27.9 Å². The topological polar surface area (TPSA) is 79.8 Å². The molecule has 2 N–H and O–H groups in total. The SMILES string of the molecule is CCCCOc1ccc(/C=N\NC(=O)CCCC(=O)Nc2ccc(Cl)c(Cl)c2)cc1. The van der Waals surface area contributed by atoms with Gasteiger partial charge in [0.1, 0.15) is 5.75 Å². The van der Waals surface area contributed by atoms with Crippen molar-refractivity contribution in [3.05, 3.63) is 58.1 Å². The van der Waals surface area contributed by atoms with Crippen LogP contribution in [-0.2, 0) is 9.59 Å². The van der Waals surface area contributed by atoms with Crippen molar-refractivity contribution in [2.24, 2.45) is 5.10 Å². The molecule has 0 spiro atoms. The summed E-state index contributed by atoms with van der Waals surface area (Å²) in [6.45, 7) is 2.81. The lowest BCUT2D eigenvalue weighted by molar-refractivity contribution is -0.121. The summed E-state index contributed by atoms with van der Waals surface area (Å²) in [6.07, 6.45) is 4.47. The molecule has 2 rings (SSSR count). The predicted molar refractivity (Wildman–Crippen MR) is 122 cm³/mol. The second-order valence-corrected chi connectivity index (χ2v) is 7.41. The van der Waals surface area contributed by atoms with Gasteiger partial charge in [-0.1, -0.05) is 36.5 Å². The largest absolute Gasteiger partial charge is 0.494 e. The maximum Gasteiger partial charge on any atom is 0.240 e. The van der Waals surface area contributed by atoms with Crippen LogP contribution in [0.1, 0.15) is 44.6 Å². The lowest BCUT2D eigenvalue weighted by Gasteiger charge is -2.06. The van der Waals surface area contributed by atoms with Crippen LogP contribution in [-0.4, -0.2) is 24.6 Å². The molecule has 0 aliphatic heterocycles. The lowest BCUT2D eigenvalue weighted by Crippen LogP contribution is -2.18. The Morgan fingerprint density at radius 3 is 2.43 bits per heavy atom. The molecule has 0 saturated heterocycles. The highest BCUT2D eigenvalue weighted by atomic mass is 35.5. The first kappa shape index (κ1) is 23.7. The molecule has 0 bridgehead atoms. The van der Waals surface area contributed by atoms with Gasteiger partial charge in [0, 0.05) is 18.5 Å². The predicted octanol–water partition coefficient (Wildman–Crippen LogP) is 5.43. The van der Waals surface area contributed by atoms with Crippen LogP contribution >= 0.6 is 23.2 Å². The maximum absolute atomic E-state index is 11.9. The first-order chi connectivity index (χ1) is 14.5. The third-order valence-corrected chi connectivity index (χ3v) is 4.80. The van der Waals surface area contributed by atoms with Gasteiger partial charge in [0.25, 0.3) is 0 Å². The Balaban J connectivity index is 1.65. The van der Waals surface area contributed by atoms with Gasteiger partial charge >= 0.3 is 0 Å². The molecule has 6 nitrogen and oxygen atoms in total. The highest BCUT2D eigenvalue weighted by molar-refractivity contribution is 6.42. The number of halogens is 2. The summed E-state index contributed by atoms with van der Waals surface area (Å²) in [5, 5.41) is 7.44. The van der Waals surface area contributed by atoms with Crippen LogP contribution < -0.4 is 15.5 Å². The van der Waals surface area contributed by atoms with Gasteiger partial charge in [-0.25, -0.2) is 5.43 Å². The molecule has 2 aromatic carbocycles. The Kier molecular flexibility index (Phi) is 10.2. The highest BCUT2D eigenvalue weighted by Gasteiger charge is 2.07. The van der Waals surface area contributed by atoms with Gasteiger partial charge in [-0.15, -0.1) is 0 Å². The summed E-state index contributed by atoms with van der Waals surface area (Å²) in [5.41, 5.74) is 3.87. The number of hydrogen-bond donors (Lipinski definition) is 2. The maximum atomic E-state index is 11.9. The van der Waals surface area contributed by atoms with Gasteiger partial charge in [-0.05, 0) is 60.9 Å². The molecule has 160 valence electrons. The number of anilines is 1. The lowest BCUT2D eigenvalue weighted by atomic mass is 10.2. The number of carbonyl (C=O) groups is 2. The van der Waals surface area contributed by atoms with E-state index in [9.17, 15) is 9.59 Å². The zero-order valence-corrected chi connectivity index (χ0v) is 18.3. The molecule has 0 aromatic heterocycles. The fourth-order valence-electron chi connectivity index (χ4n) is 2.43. The van der Waals surface area contributed by atoms with E-state index in [-0.39, 0.29) is 24.7 Å². The molecule has 0 atom stereocenters. The minimum absolute atomic E-state index is 0.191. The molecule has 8 heteroatoms. The number of ether oxygens (including phenoxy) is 1. The van der Waals surface area contributed by atoms with Gasteiger partial charge in [-0.2, -0.15) is 5.10 Å². The number of amides is 2. The summed E-state index contributed by atoms with van der Waals surface area (Å²) in [5.74, 6) is 0.350. The van der Waals surface area contributed by atoms with Gasteiger partial charge < -0.3 is 10.1 Å². The smallest absolute Gasteiger partial charge is 0.240 e. The fraction of sp³-hybridized carbons (Fsp3) is 0.318. The standard InChI is InChI=1S/C22H25Cl2N3O3/c1-2-3-13-30-18-10-7-16(8-11-18)15-25-27-22(29)6-4-5-21(28)26-17-9-12-19(23)20(24)14-17/h7-12,14-15H,2-6,13H2,1H3,(H,26,28)(H,27,29)/b25-15-. The van der Waals surface area contributed by atoms with Crippen LogP contribution in [0.5, 0.6) is 5.75 Å². The van der Waals surface area contributed by atoms with Crippen molar-refractivity contribution >= 4 is 46.9 Å². The zero-order chi connectivity index (χ0) is 21.8. The van der Waals surface area contributed by atoms with Crippen molar-refractivity contribution in [1.29, 1.82) is 0 Å². The first-order valence-electron chi connectivity index (χ1n) is 9.77. The monoisotopic (exact) mass is 449 g/mol. The van der Waals surface area contributed by atoms with Crippen LogP contribution in [0.4, 0.5) is 5.69 Å². The Bertz CT molecular complexity index is 870. The van der Waals surface area contributed by atoms with Crippen molar-refractivity contribution in [2.75, 3.05) is 11.9 Å². The van der Waals surface area contributed by atoms with Crippen LogP contribution in [0, 0.1) is 0 Å². The van der Waals surface area contributed by atoms with Crippen LogP contribution in [0.25, 0.3) is 0 Å². The minimum atomic E-state index is -0.256. The molecule has 2 amide bonds. The fourth-order valence-corrected chi connectivity index (χ4v) is 2.72. The highest BCUT2D eigenvalue weighted by Crippen LogP contribution is 2.25. The normalized spacial score (nSPS) is 10.8. The second-order valence-electron chi connectivity index (χ2n) is 6.59. The molecule has 0 fully saturated rings. The summed E-state index contributed by atoms with van der Waals surface area (Å²) < 4.78 is 5.60. The number of nitrogens with one attached hydrogen (secondary N) is 2. The number of unbranched alkanes of at least 4 members (excludes halogenated alkanes) is 1. The van der Waals surface area contributed by atoms with E-state index in [0.29, 0.717) is 28.8 Å². The molecule has 0 unspecified atom stereocenters. The Morgan fingerprint density at radius 2 is 1.73 bits per heavy atom. The second kappa shape index (κ2) is 12.9. The van der Waals surface area contributed by atoms with Crippen molar-refractivity contribution in [3.8, 4) is 5.75 Å². The van der Waals surface area contributed by atoms with E-state index >= 15 is 0 Å². The first-order valence-corrected chi connectivity index (χ1v) is 10.5. The molecule has 0 aliphatic carbocycles. The molecule has 2 aromatic rings. The van der Waals surface area contributed by atoms with E-state index in [1.807, 2.05) is 24.3 Å². The van der Waals surface area contributed by atoms with Crippen LogP contribution in [0.15, 0.2) is 47.6 Å². The van der Waals surface area contributed by atoms with Crippen LogP contribution in [0.2, 0.25) is 10.0 Å². The molecule has 0 heterocycles. The quantitative estimate of drug-likeness (QED) is 0.272. The average molecular weight is 450 g/mol. The van der Waals surface area contributed by atoms with E-state index in [1.54, 1.807) is 24.4 Å². The summed E-state index contributed by atoms with van der Waals surface area (Å²) >= 11 is 11.8. The molecule has 30 heavy (non-hydrogen) atoms. The Hall–Kier alpha value is -2.57. The third kappa shape index (κ3) is 8.84. The number of rotatable bonds is 11. The average Bonchev–Trinajstić information content (AvgIpc) is 2.72. The van der Waals surface area contributed by atoms with E-state index in [0.717, 1.165) is 24.2 Å². The summed E-state index contributed by atoms with van der Waals surface area (Å²) in [4.78, 5) is 23.8. The van der Waals surface area contributed by atoms with E-state index in [2.05, 4.69) is 22.8 Å². The molecule has 0 saturated carbocycles. The van der Waals surface area contributed by atoms with Gasteiger partial charge in [0.2, 0.25) is 11.8 Å². The van der Waals surface area contributed by atoms with Crippen molar-refractivity contribution in [2.45, 2.75) is 39.0 Å². The van der Waals surface area contributed by atoms with Crippen molar-refractivity contribution in [3.63, 3.8) is 0 Å². The molecular weight excluding hydrogens is 425 g/mol. The Morgan fingerprint density at radius 1 is 1.00 bits per heavy atom. The number of hydrazone groups is 1. The van der Waals surface area contributed by atoms with E-state index < -0.39 is 0 Å². The minimum Gasteiger partial charge on any atom is -0.494 e. The molecule has 0 aliphatic rings. The van der Waals surface area contributed by atoms with Crippen LogP contribution in [0.3, 0.4) is 0 Å². The number of carbonyl (C=O) groups excluding carboxylic acids is 2. The Labute approximate surface area is 186 Å². The number of benzene rings is 2. The van der Waals surface area contributed by atoms with Crippen molar-refractivity contribution < 1.29 is 14.3 Å². The summed E-state index contributed by atoms with van der Waals surface area (Å²) in [6, 6.07) is 12.3. The van der Waals surface area contributed by atoms with Gasteiger partial charge in [0.15, 0.2) is 0 Å². The van der Waals surface area contributed by atoms with E-state index in [1.165, 1.54) is 0 Å².